The van der Waals surface area contributed by atoms with Crippen LogP contribution < -0.4 is 5.73 Å². The molecule has 0 aliphatic carbocycles. The summed E-state index contributed by atoms with van der Waals surface area (Å²) in [4.78, 5) is 4.38. The minimum absolute atomic E-state index is 0.243. The second kappa shape index (κ2) is 5.86. The summed E-state index contributed by atoms with van der Waals surface area (Å²) in [6.45, 7) is 4.01. The number of anilines is 1. The predicted molar refractivity (Wildman–Crippen MR) is 94.0 cm³/mol. The number of nitrogen functional groups attached to an aromatic ring is 1. The molecule has 0 radical (unpaired) electrons. The van der Waals surface area contributed by atoms with Gasteiger partial charge < -0.3 is 10.3 Å². The van der Waals surface area contributed by atoms with Gasteiger partial charge in [0.2, 0.25) is 5.82 Å². The van der Waals surface area contributed by atoms with Gasteiger partial charge in [-0.05, 0) is 31.0 Å². The van der Waals surface area contributed by atoms with Gasteiger partial charge in [0.15, 0.2) is 11.5 Å². The second-order valence-corrected chi connectivity index (χ2v) is 5.81. The highest BCUT2D eigenvalue weighted by molar-refractivity contribution is 5.66. The molecule has 4 aromatic rings. The van der Waals surface area contributed by atoms with Crippen molar-refractivity contribution in [1.29, 1.82) is 0 Å². The Morgan fingerprint density at radius 1 is 1.04 bits per heavy atom. The van der Waals surface area contributed by atoms with Gasteiger partial charge in [-0.2, -0.15) is 9.67 Å². The van der Waals surface area contributed by atoms with Crippen molar-refractivity contribution in [1.82, 2.24) is 25.1 Å². The first-order valence-electron chi connectivity index (χ1n) is 7.82. The highest BCUT2D eigenvalue weighted by Gasteiger charge is 2.20. The predicted octanol–water partition coefficient (Wildman–Crippen LogP) is 3.18. The van der Waals surface area contributed by atoms with Crippen LogP contribution in [0.3, 0.4) is 0 Å². The third kappa shape index (κ3) is 2.65. The fourth-order valence-electron chi connectivity index (χ4n) is 2.59. The molecule has 0 unspecified atom stereocenters. The molecule has 7 heteroatoms. The average Bonchev–Trinajstić information content (AvgIpc) is 3.25. The lowest BCUT2D eigenvalue weighted by atomic mass is 10.1. The van der Waals surface area contributed by atoms with Gasteiger partial charge in [-0.3, -0.25) is 0 Å². The summed E-state index contributed by atoms with van der Waals surface area (Å²) in [7, 11) is 0. The van der Waals surface area contributed by atoms with Crippen molar-refractivity contribution in [2.24, 2.45) is 0 Å². The molecular formula is C18H16N6O. The lowest BCUT2D eigenvalue weighted by molar-refractivity contribution is 0.431. The molecule has 0 spiro atoms. The molecule has 2 aromatic carbocycles. The van der Waals surface area contributed by atoms with E-state index in [1.54, 1.807) is 4.68 Å². The third-order valence-electron chi connectivity index (χ3n) is 3.96. The first-order valence-corrected chi connectivity index (χ1v) is 7.82. The zero-order valence-corrected chi connectivity index (χ0v) is 13.8. The average molecular weight is 332 g/mol. The molecule has 0 aliphatic rings. The number of hydrogen-bond acceptors (Lipinski definition) is 6. The van der Waals surface area contributed by atoms with Gasteiger partial charge in [0.05, 0.1) is 5.69 Å². The zero-order valence-electron chi connectivity index (χ0n) is 13.8. The number of nitrogens with zero attached hydrogens (tertiary/aromatic N) is 5. The van der Waals surface area contributed by atoms with Crippen LogP contribution in [-0.4, -0.2) is 25.1 Å². The highest BCUT2D eigenvalue weighted by Crippen LogP contribution is 2.27. The van der Waals surface area contributed by atoms with E-state index in [0.29, 0.717) is 17.3 Å². The van der Waals surface area contributed by atoms with Gasteiger partial charge in [-0.1, -0.05) is 52.8 Å². The van der Waals surface area contributed by atoms with Crippen molar-refractivity contribution in [2.45, 2.75) is 13.8 Å². The van der Waals surface area contributed by atoms with Crippen LogP contribution in [0.2, 0.25) is 0 Å². The molecule has 0 atom stereocenters. The molecule has 2 N–H and O–H groups in total. The van der Waals surface area contributed by atoms with E-state index in [-0.39, 0.29) is 5.89 Å². The van der Waals surface area contributed by atoms with Gasteiger partial charge in [0.1, 0.15) is 0 Å². The Balaban J connectivity index is 1.75. The molecule has 0 amide bonds. The van der Waals surface area contributed by atoms with E-state index in [2.05, 4.69) is 20.5 Å². The Morgan fingerprint density at radius 3 is 2.64 bits per heavy atom. The molecule has 0 fully saturated rings. The highest BCUT2D eigenvalue weighted by atomic mass is 16.5. The normalized spacial score (nSPS) is 11.0. The summed E-state index contributed by atoms with van der Waals surface area (Å²) in [5, 5.41) is 12.3. The fraction of sp³-hybridized carbons (Fsp3) is 0.111. The SMILES string of the molecule is Cc1ccc(C)c(-n2nnc(-c3nc(-c4ccccc4)no3)c2N)c1. The molecule has 124 valence electrons. The number of rotatable bonds is 3. The minimum atomic E-state index is 0.243. The Morgan fingerprint density at radius 2 is 1.84 bits per heavy atom. The number of aryl methyl sites for hydroxylation is 2. The smallest absolute Gasteiger partial charge is 0.282 e. The van der Waals surface area contributed by atoms with Crippen molar-refractivity contribution in [3.05, 3.63) is 59.7 Å². The molecule has 2 aromatic heterocycles. The summed E-state index contributed by atoms with van der Waals surface area (Å²) in [5.74, 6) is 1.08. The largest absolute Gasteiger partial charge is 0.382 e. The lowest BCUT2D eigenvalue weighted by Crippen LogP contribution is -2.04. The molecule has 0 aliphatic heterocycles. The van der Waals surface area contributed by atoms with E-state index in [0.717, 1.165) is 22.4 Å². The van der Waals surface area contributed by atoms with Crippen LogP contribution in [0.15, 0.2) is 53.1 Å². The van der Waals surface area contributed by atoms with Crippen LogP contribution in [0.25, 0.3) is 28.7 Å². The van der Waals surface area contributed by atoms with Crippen molar-refractivity contribution < 1.29 is 4.52 Å². The first-order chi connectivity index (χ1) is 12.1. The topological polar surface area (TPSA) is 95.6 Å². The van der Waals surface area contributed by atoms with Gasteiger partial charge in [0, 0.05) is 5.56 Å². The van der Waals surface area contributed by atoms with E-state index in [9.17, 15) is 0 Å². The van der Waals surface area contributed by atoms with E-state index in [4.69, 9.17) is 10.3 Å². The maximum atomic E-state index is 6.24. The minimum Gasteiger partial charge on any atom is -0.382 e. The summed E-state index contributed by atoms with van der Waals surface area (Å²) >= 11 is 0. The molecule has 2 heterocycles. The Hall–Kier alpha value is -3.48. The Labute approximate surface area is 144 Å². The summed E-state index contributed by atoms with van der Waals surface area (Å²) in [6, 6.07) is 15.6. The van der Waals surface area contributed by atoms with Crippen LogP contribution in [-0.2, 0) is 0 Å². The Kier molecular flexibility index (Phi) is 3.53. The third-order valence-corrected chi connectivity index (χ3v) is 3.96. The number of aromatic nitrogens is 5. The monoisotopic (exact) mass is 332 g/mol. The molecule has 25 heavy (non-hydrogen) atoms. The van der Waals surface area contributed by atoms with Crippen LogP contribution in [0.1, 0.15) is 11.1 Å². The maximum Gasteiger partial charge on any atom is 0.282 e. The van der Waals surface area contributed by atoms with Crippen LogP contribution in [0.4, 0.5) is 5.82 Å². The molecular weight excluding hydrogens is 316 g/mol. The van der Waals surface area contributed by atoms with E-state index in [1.165, 1.54) is 0 Å². The van der Waals surface area contributed by atoms with E-state index in [1.807, 2.05) is 62.4 Å². The van der Waals surface area contributed by atoms with Crippen molar-refractivity contribution in [3.8, 4) is 28.7 Å². The van der Waals surface area contributed by atoms with Crippen molar-refractivity contribution in [3.63, 3.8) is 0 Å². The van der Waals surface area contributed by atoms with Gasteiger partial charge in [0.25, 0.3) is 5.89 Å². The first kappa shape index (κ1) is 15.1. The van der Waals surface area contributed by atoms with Crippen LogP contribution >= 0.6 is 0 Å². The molecule has 0 saturated heterocycles. The van der Waals surface area contributed by atoms with Crippen LogP contribution in [0, 0.1) is 13.8 Å². The fourth-order valence-corrected chi connectivity index (χ4v) is 2.59. The standard InChI is InChI=1S/C18H16N6O/c1-11-8-9-12(2)14(10-11)24-16(19)15(21-23-24)18-20-17(22-25-18)13-6-4-3-5-7-13/h3-10H,19H2,1-2H3. The van der Waals surface area contributed by atoms with E-state index >= 15 is 0 Å². The van der Waals surface area contributed by atoms with Gasteiger partial charge in [-0.15, -0.1) is 5.10 Å². The van der Waals surface area contributed by atoms with Crippen molar-refractivity contribution >= 4 is 5.82 Å². The van der Waals surface area contributed by atoms with Gasteiger partial charge in [-0.25, -0.2) is 0 Å². The zero-order chi connectivity index (χ0) is 17.4. The molecule has 0 saturated carbocycles. The number of hydrogen-bond donors (Lipinski definition) is 1. The maximum absolute atomic E-state index is 6.24. The molecule has 4 rings (SSSR count). The summed E-state index contributed by atoms with van der Waals surface area (Å²) in [6.07, 6.45) is 0. The second-order valence-electron chi connectivity index (χ2n) is 5.81. The molecule has 7 nitrogen and oxygen atoms in total. The number of nitrogens with two attached hydrogens (primary N) is 1. The summed E-state index contributed by atoms with van der Waals surface area (Å²) < 4.78 is 6.92. The summed E-state index contributed by atoms with van der Waals surface area (Å²) in [5.41, 5.74) is 10.5. The van der Waals surface area contributed by atoms with E-state index < -0.39 is 0 Å². The van der Waals surface area contributed by atoms with Crippen LogP contribution in [0.5, 0.6) is 0 Å². The van der Waals surface area contributed by atoms with Gasteiger partial charge >= 0.3 is 0 Å². The Bertz CT molecular complexity index is 1030. The quantitative estimate of drug-likeness (QED) is 0.619. The van der Waals surface area contributed by atoms with Crippen molar-refractivity contribution in [2.75, 3.05) is 5.73 Å². The molecule has 0 bridgehead atoms. The number of benzene rings is 2. The lowest BCUT2D eigenvalue weighted by Gasteiger charge is -2.07.